The van der Waals surface area contributed by atoms with Crippen LogP contribution in [0.25, 0.3) is 10.1 Å². The highest BCUT2D eigenvalue weighted by Gasteiger charge is 2.09. The van der Waals surface area contributed by atoms with E-state index in [4.69, 9.17) is 4.42 Å². The van der Waals surface area contributed by atoms with E-state index in [1.165, 1.54) is 21.2 Å². The third-order valence-corrected chi connectivity index (χ3v) is 4.40. The molecule has 98 valence electrons. The van der Waals surface area contributed by atoms with Gasteiger partial charge >= 0.3 is 0 Å². The van der Waals surface area contributed by atoms with Crippen molar-refractivity contribution in [1.29, 1.82) is 0 Å². The maximum atomic E-state index is 5.08. The monoisotopic (exact) mass is 271 g/mol. The van der Waals surface area contributed by atoms with Crippen molar-refractivity contribution in [3.63, 3.8) is 0 Å². The molecule has 0 aliphatic carbocycles. The summed E-state index contributed by atoms with van der Waals surface area (Å²) in [6.45, 7) is 3.19. The lowest BCUT2D eigenvalue weighted by atomic mass is 10.1. The van der Waals surface area contributed by atoms with E-state index in [0.717, 1.165) is 13.0 Å². The molecule has 3 aromatic rings. The lowest BCUT2D eigenvalue weighted by Crippen LogP contribution is -2.21. The molecule has 1 aromatic carbocycles. The summed E-state index contributed by atoms with van der Waals surface area (Å²) in [6, 6.07) is 11.1. The molecule has 2 aromatic heterocycles. The van der Waals surface area contributed by atoms with Crippen LogP contribution in [0.5, 0.6) is 0 Å². The number of rotatable bonds is 5. The van der Waals surface area contributed by atoms with E-state index in [9.17, 15) is 0 Å². The second-order valence-electron chi connectivity index (χ2n) is 4.74. The topological polar surface area (TPSA) is 25.2 Å². The smallest absolute Gasteiger partial charge is 0.0934 e. The third-order valence-electron chi connectivity index (χ3n) is 3.42. The molecule has 1 unspecified atom stereocenters. The highest BCUT2D eigenvalue weighted by molar-refractivity contribution is 7.17. The molecule has 0 aliphatic heterocycles. The SMILES string of the molecule is CC(NCCc1ccoc1)c1cccc2ccsc12. The Bertz CT molecular complexity index is 642. The number of thiophene rings is 1. The number of furan rings is 1. The van der Waals surface area contributed by atoms with Crippen LogP contribution in [0.15, 0.2) is 52.7 Å². The van der Waals surface area contributed by atoms with Gasteiger partial charge < -0.3 is 9.73 Å². The predicted octanol–water partition coefficient (Wildman–Crippen LogP) is 4.39. The van der Waals surface area contributed by atoms with E-state index in [1.54, 1.807) is 6.26 Å². The van der Waals surface area contributed by atoms with Crippen LogP contribution >= 0.6 is 11.3 Å². The van der Waals surface area contributed by atoms with Crippen LogP contribution in [0, 0.1) is 0 Å². The van der Waals surface area contributed by atoms with Crippen LogP contribution < -0.4 is 5.32 Å². The molecule has 0 saturated carbocycles. The largest absolute Gasteiger partial charge is 0.472 e. The summed E-state index contributed by atoms with van der Waals surface area (Å²) in [7, 11) is 0. The Morgan fingerprint density at radius 3 is 3.05 bits per heavy atom. The zero-order valence-corrected chi connectivity index (χ0v) is 11.7. The normalized spacial score (nSPS) is 12.9. The van der Waals surface area contributed by atoms with Crippen molar-refractivity contribution >= 4 is 21.4 Å². The van der Waals surface area contributed by atoms with Crippen LogP contribution in [-0.2, 0) is 6.42 Å². The fourth-order valence-electron chi connectivity index (χ4n) is 2.34. The first-order valence-corrected chi connectivity index (χ1v) is 7.43. The molecule has 0 radical (unpaired) electrons. The quantitative estimate of drug-likeness (QED) is 0.744. The molecule has 0 aliphatic rings. The van der Waals surface area contributed by atoms with Crippen molar-refractivity contribution < 1.29 is 4.42 Å². The molecule has 0 amide bonds. The van der Waals surface area contributed by atoms with Crippen LogP contribution in [0.3, 0.4) is 0 Å². The van der Waals surface area contributed by atoms with E-state index in [1.807, 2.05) is 23.7 Å². The van der Waals surface area contributed by atoms with Gasteiger partial charge in [-0.3, -0.25) is 0 Å². The Morgan fingerprint density at radius 2 is 2.21 bits per heavy atom. The van der Waals surface area contributed by atoms with E-state index >= 15 is 0 Å². The van der Waals surface area contributed by atoms with Gasteiger partial charge in [-0.2, -0.15) is 0 Å². The molecule has 2 heterocycles. The van der Waals surface area contributed by atoms with Crippen molar-refractivity contribution in [2.75, 3.05) is 6.54 Å². The van der Waals surface area contributed by atoms with E-state index in [0.29, 0.717) is 6.04 Å². The van der Waals surface area contributed by atoms with Gasteiger partial charge in [-0.15, -0.1) is 11.3 Å². The maximum absolute atomic E-state index is 5.08. The lowest BCUT2D eigenvalue weighted by molar-refractivity contribution is 0.555. The number of nitrogens with one attached hydrogen (secondary N) is 1. The molecule has 3 rings (SSSR count). The molecule has 2 nitrogen and oxygen atoms in total. The number of hydrogen-bond acceptors (Lipinski definition) is 3. The van der Waals surface area contributed by atoms with Crippen molar-refractivity contribution in [3.05, 3.63) is 59.4 Å². The van der Waals surface area contributed by atoms with Gasteiger partial charge in [0.05, 0.1) is 12.5 Å². The van der Waals surface area contributed by atoms with Crippen LogP contribution in [0.4, 0.5) is 0 Å². The molecule has 3 heteroatoms. The highest BCUT2D eigenvalue weighted by Crippen LogP contribution is 2.28. The van der Waals surface area contributed by atoms with Crippen molar-refractivity contribution in [2.45, 2.75) is 19.4 Å². The zero-order chi connectivity index (χ0) is 13.1. The minimum Gasteiger partial charge on any atom is -0.472 e. The fourth-order valence-corrected chi connectivity index (χ4v) is 3.34. The summed E-state index contributed by atoms with van der Waals surface area (Å²) in [4.78, 5) is 0. The van der Waals surface area contributed by atoms with Crippen LogP contribution in [0.2, 0.25) is 0 Å². The van der Waals surface area contributed by atoms with E-state index in [-0.39, 0.29) is 0 Å². The van der Waals surface area contributed by atoms with Gasteiger partial charge in [0.1, 0.15) is 0 Å². The summed E-state index contributed by atoms with van der Waals surface area (Å²) in [5, 5.41) is 7.08. The van der Waals surface area contributed by atoms with Gasteiger partial charge in [-0.05, 0) is 53.9 Å². The lowest BCUT2D eigenvalue weighted by Gasteiger charge is -2.14. The first kappa shape index (κ1) is 12.5. The molecule has 0 saturated heterocycles. The van der Waals surface area contributed by atoms with E-state index in [2.05, 4.69) is 41.9 Å². The summed E-state index contributed by atoms with van der Waals surface area (Å²) < 4.78 is 6.47. The Kier molecular flexibility index (Phi) is 3.67. The van der Waals surface area contributed by atoms with Gasteiger partial charge in [0.25, 0.3) is 0 Å². The first-order chi connectivity index (χ1) is 9.34. The van der Waals surface area contributed by atoms with Crippen LogP contribution in [-0.4, -0.2) is 6.54 Å². The Morgan fingerprint density at radius 1 is 1.26 bits per heavy atom. The molecular formula is C16H17NOS. The molecule has 1 N–H and O–H groups in total. The average molecular weight is 271 g/mol. The zero-order valence-electron chi connectivity index (χ0n) is 10.9. The molecule has 0 spiro atoms. The minimum atomic E-state index is 0.370. The van der Waals surface area contributed by atoms with Crippen molar-refractivity contribution in [3.8, 4) is 0 Å². The number of benzene rings is 1. The van der Waals surface area contributed by atoms with Gasteiger partial charge in [-0.1, -0.05) is 18.2 Å². The number of fused-ring (bicyclic) bond motifs is 1. The minimum absolute atomic E-state index is 0.370. The van der Waals surface area contributed by atoms with Crippen molar-refractivity contribution in [2.24, 2.45) is 0 Å². The van der Waals surface area contributed by atoms with Crippen LogP contribution in [0.1, 0.15) is 24.1 Å². The second kappa shape index (κ2) is 5.59. The molecule has 0 fully saturated rings. The van der Waals surface area contributed by atoms with Gasteiger partial charge in [0.15, 0.2) is 0 Å². The summed E-state index contributed by atoms with van der Waals surface area (Å²) in [5.74, 6) is 0. The van der Waals surface area contributed by atoms with E-state index < -0.39 is 0 Å². The first-order valence-electron chi connectivity index (χ1n) is 6.55. The fraction of sp³-hybridized carbons (Fsp3) is 0.250. The number of hydrogen-bond donors (Lipinski definition) is 1. The molecule has 19 heavy (non-hydrogen) atoms. The van der Waals surface area contributed by atoms with Gasteiger partial charge in [0, 0.05) is 10.7 Å². The summed E-state index contributed by atoms with van der Waals surface area (Å²) >= 11 is 1.82. The predicted molar refractivity (Wildman–Crippen MR) is 80.7 cm³/mol. The second-order valence-corrected chi connectivity index (χ2v) is 5.66. The van der Waals surface area contributed by atoms with Gasteiger partial charge in [-0.25, -0.2) is 0 Å². The Labute approximate surface area is 117 Å². The summed E-state index contributed by atoms with van der Waals surface area (Å²) in [6.07, 6.45) is 4.54. The van der Waals surface area contributed by atoms with Crippen molar-refractivity contribution in [1.82, 2.24) is 5.32 Å². The molecule has 0 bridgehead atoms. The standard InChI is InChI=1S/C16H17NOS/c1-12(17-8-5-13-6-9-18-11-13)15-4-2-3-14-7-10-19-16(14)15/h2-4,6-7,9-12,17H,5,8H2,1H3. The average Bonchev–Trinajstić information content (AvgIpc) is 3.08. The third kappa shape index (κ3) is 2.72. The molecule has 1 atom stereocenters. The highest BCUT2D eigenvalue weighted by atomic mass is 32.1. The summed E-state index contributed by atoms with van der Waals surface area (Å²) in [5.41, 5.74) is 2.63. The Hall–Kier alpha value is -1.58. The maximum Gasteiger partial charge on any atom is 0.0934 e. The Balaban J connectivity index is 1.66. The molecular weight excluding hydrogens is 254 g/mol. The van der Waals surface area contributed by atoms with Gasteiger partial charge in [0.2, 0.25) is 0 Å².